The lowest BCUT2D eigenvalue weighted by atomic mass is 10.2. The van der Waals surface area contributed by atoms with E-state index in [0.717, 1.165) is 4.90 Å². The number of halogens is 1. The van der Waals surface area contributed by atoms with Crippen LogP contribution in [0.5, 0.6) is 0 Å². The Labute approximate surface area is 169 Å². The number of sulfonamides is 1. The average molecular weight is 420 g/mol. The van der Waals surface area contributed by atoms with Crippen molar-refractivity contribution in [2.45, 2.75) is 4.90 Å². The van der Waals surface area contributed by atoms with Gasteiger partial charge in [0.2, 0.25) is 10.0 Å². The molecule has 7 nitrogen and oxygen atoms in total. The first-order chi connectivity index (χ1) is 13.4. The van der Waals surface area contributed by atoms with Gasteiger partial charge in [-0.3, -0.25) is 4.79 Å². The van der Waals surface area contributed by atoms with E-state index in [1.165, 1.54) is 10.4 Å². The summed E-state index contributed by atoms with van der Waals surface area (Å²) in [7, 11) is -3.50. The van der Waals surface area contributed by atoms with E-state index in [1.807, 2.05) is 6.07 Å². The summed E-state index contributed by atoms with van der Waals surface area (Å²) in [6, 6.07) is 15.0. The first-order valence-electron chi connectivity index (χ1n) is 8.78. The number of nitrogens with zero attached hydrogens (tertiary/aromatic N) is 2. The molecular formula is C19H20ClN4O3S+. The highest BCUT2D eigenvalue weighted by atomic mass is 35.5. The number of benzene rings is 2. The fourth-order valence-corrected chi connectivity index (χ4v) is 4.76. The number of hydrogen-bond donors (Lipinski definition) is 2. The van der Waals surface area contributed by atoms with Crippen LogP contribution in [0.4, 0.5) is 5.69 Å². The van der Waals surface area contributed by atoms with Crippen LogP contribution in [0.15, 0.2) is 53.4 Å². The van der Waals surface area contributed by atoms with Gasteiger partial charge < -0.3 is 10.2 Å². The SMILES string of the molecule is N#Cc1ccc(NC(=O)C[NH+]2CCN(S(=O)(=O)c3ccccc3)CC2)cc1Cl. The van der Waals surface area contributed by atoms with Crippen molar-refractivity contribution in [1.82, 2.24) is 4.31 Å². The molecule has 0 spiro atoms. The number of hydrogen-bond acceptors (Lipinski definition) is 4. The molecule has 146 valence electrons. The van der Waals surface area contributed by atoms with Crippen molar-refractivity contribution >= 4 is 33.2 Å². The fourth-order valence-electron chi connectivity index (χ4n) is 3.08. The van der Waals surface area contributed by atoms with Crippen molar-refractivity contribution in [2.24, 2.45) is 0 Å². The molecule has 3 rings (SSSR count). The Morgan fingerprint density at radius 3 is 2.46 bits per heavy atom. The van der Waals surface area contributed by atoms with Crippen LogP contribution in [-0.4, -0.2) is 51.4 Å². The van der Waals surface area contributed by atoms with Gasteiger partial charge in [0, 0.05) is 5.69 Å². The third-order valence-corrected chi connectivity index (χ3v) is 6.82. The minimum atomic E-state index is -3.50. The zero-order valence-corrected chi connectivity index (χ0v) is 16.6. The molecule has 2 N–H and O–H groups in total. The molecule has 1 saturated heterocycles. The Hall–Kier alpha value is -2.44. The standard InChI is InChI=1S/C19H19ClN4O3S/c20-18-12-16(7-6-15(18)13-21)22-19(25)14-23-8-10-24(11-9-23)28(26,27)17-4-2-1-3-5-17/h1-7,12H,8-11,14H2,(H,22,25)/p+1. The van der Waals surface area contributed by atoms with Crippen LogP contribution in [0.1, 0.15) is 5.56 Å². The van der Waals surface area contributed by atoms with Gasteiger partial charge in [0.05, 0.1) is 41.7 Å². The summed E-state index contributed by atoms with van der Waals surface area (Å²) in [5.41, 5.74) is 0.875. The predicted octanol–water partition coefficient (Wildman–Crippen LogP) is 0.740. The number of carbonyl (C=O) groups excluding carboxylic acids is 1. The maximum atomic E-state index is 12.6. The van der Waals surface area contributed by atoms with Crippen LogP contribution < -0.4 is 10.2 Å². The highest BCUT2D eigenvalue weighted by molar-refractivity contribution is 7.89. The molecule has 2 aromatic rings. The molecule has 1 heterocycles. The van der Waals surface area contributed by atoms with Gasteiger partial charge in [0.25, 0.3) is 5.91 Å². The molecule has 1 fully saturated rings. The van der Waals surface area contributed by atoms with Crippen molar-refractivity contribution in [1.29, 1.82) is 5.26 Å². The van der Waals surface area contributed by atoms with Crippen molar-refractivity contribution in [3.63, 3.8) is 0 Å². The first-order valence-corrected chi connectivity index (χ1v) is 10.6. The van der Waals surface area contributed by atoms with E-state index in [9.17, 15) is 13.2 Å². The summed E-state index contributed by atoms with van der Waals surface area (Å²) in [6.07, 6.45) is 0. The molecule has 0 radical (unpaired) electrons. The van der Waals surface area contributed by atoms with Crippen molar-refractivity contribution in [3.05, 3.63) is 59.1 Å². The van der Waals surface area contributed by atoms with Crippen LogP contribution in [0, 0.1) is 11.3 Å². The highest BCUT2D eigenvalue weighted by Gasteiger charge is 2.30. The number of amides is 1. The van der Waals surface area contributed by atoms with Crippen LogP contribution >= 0.6 is 11.6 Å². The lowest BCUT2D eigenvalue weighted by Crippen LogP contribution is -3.15. The lowest BCUT2D eigenvalue weighted by molar-refractivity contribution is -0.895. The molecule has 1 amide bonds. The first kappa shape index (κ1) is 20.3. The third kappa shape index (κ3) is 4.69. The summed E-state index contributed by atoms with van der Waals surface area (Å²) < 4.78 is 26.7. The van der Waals surface area contributed by atoms with Crippen LogP contribution in [0.25, 0.3) is 0 Å². The summed E-state index contributed by atoms with van der Waals surface area (Å²) in [6.45, 7) is 2.06. The molecule has 1 aliphatic rings. The average Bonchev–Trinajstić information content (AvgIpc) is 2.69. The van der Waals surface area contributed by atoms with Crippen LogP contribution in [0.3, 0.4) is 0 Å². The van der Waals surface area contributed by atoms with Gasteiger partial charge in [-0.2, -0.15) is 9.57 Å². The largest absolute Gasteiger partial charge is 0.325 e. The van der Waals surface area contributed by atoms with E-state index in [-0.39, 0.29) is 22.4 Å². The summed E-state index contributed by atoms with van der Waals surface area (Å²) in [5, 5.41) is 11.9. The van der Waals surface area contributed by atoms with E-state index < -0.39 is 10.0 Å². The number of piperazine rings is 1. The van der Waals surface area contributed by atoms with E-state index in [0.29, 0.717) is 37.4 Å². The molecule has 1 aliphatic heterocycles. The maximum absolute atomic E-state index is 12.6. The van der Waals surface area contributed by atoms with Crippen molar-refractivity contribution in [2.75, 3.05) is 38.0 Å². The lowest BCUT2D eigenvalue weighted by Gasteiger charge is -2.31. The number of nitrogens with one attached hydrogen (secondary N) is 2. The van der Waals surface area contributed by atoms with E-state index in [2.05, 4.69) is 5.32 Å². The van der Waals surface area contributed by atoms with E-state index >= 15 is 0 Å². The van der Waals surface area contributed by atoms with Gasteiger partial charge in [0.1, 0.15) is 6.07 Å². The minimum Gasteiger partial charge on any atom is -0.325 e. The number of carbonyl (C=O) groups is 1. The smallest absolute Gasteiger partial charge is 0.279 e. The van der Waals surface area contributed by atoms with Crippen LogP contribution in [0.2, 0.25) is 5.02 Å². The van der Waals surface area contributed by atoms with Crippen molar-refractivity contribution in [3.8, 4) is 6.07 Å². The van der Waals surface area contributed by atoms with Gasteiger partial charge in [-0.25, -0.2) is 8.42 Å². The highest BCUT2D eigenvalue weighted by Crippen LogP contribution is 2.20. The van der Waals surface area contributed by atoms with Gasteiger partial charge in [-0.05, 0) is 30.3 Å². The Morgan fingerprint density at radius 2 is 1.86 bits per heavy atom. The van der Waals surface area contributed by atoms with Crippen LogP contribution in [-0.2, 0) is 14.8 Å². The quantitative estimate of drug-likeness (QED) is 0.747. The Morgan fingerprint density at radius 1 is 1.18 bits per heavy atom. The second-order valence-electron chi connectivity index (χ2n) is 6.50. The molecule has 2 aromatic carbocycles. The molecule has 28 heavy (non-hydrogen) atoms. The summed E-state index contributed by atoms with van der Waals surface area (Å²) >= 11 is 5.97. The summed E-state index contributed by atoms with van der Waals surface area (Å²) in [5.74, 6) is -0.185. The van der Waals surface area contributed by atoms with E-state index in [1.54, 1.807) is 42.5 Å². The molecule has 0 atom stereocenters. The zero-order valence-electron chi connectivity index (χ0n) is 15.1. The molecule has 0 aromatic heterocycles. The predicted molar refractivity (Wildman–Crippen MR) is 106 cm³/mol. The topological polar surface area (TPSA) is 94.7 Å². The summed E-state index contributed by atoms with van der Waals surface area (Å²) in [4.78, 5) is 13.6. The van der Waals surface area contributed by atoms with Gasteiger partial charge in [0.15, 0.2) is 6.54 Å². The zero-order chi connectivity index (χ0) is 20.1. The monoisotopic (exact) mass is 419 g/mol. The molecule has 0 saturated carbocycles. The van der Waals surface area contributed by atoms with Gasteiger partial charge in [-0.1, -0.05) is 29.8 Å². The second-order valence-corrected chi connectivity index (χ2v) is 8.84. The second kappa shape index (κ2) is 8.71. The normalized spacial score (nSPS) is 15.7. The molecule has 0 aliphatic carbocycles. The third-order valence-electron chi connectivity index (χ3n) is 4.59. The van der Waals surface area contributed by atoms with Crippen molar-refractivity contribution < 1.29 is 18.1 Å². The fraction of sp³-hybridized carbons (Fsp3) is 0.263. The maximum Gasteiger partial charge on any atom is 0.279 e. The minimum absolute atomic E-state index is 0.185. The number of anilines is 1. The number of nitriles is 1. The Bertz CT molecular complexity index is 998. The number of rotatable bonds is 5. The molecular weight excluding hydrogens is 400 g/mol. The molecule has 9 heteroatoms. The Kier molecular flexibility index (Phi) is 6.31. The van der Waals surface area contributed by atoms with Gasteiger partial charge in [-0.15, -0.1) is 0 Å². The Balaban J connectivity index is 1.53. The molecule has 0 bridgehead atoms. The molecule has 0 unspecified atom stereocenters. The number of quaternary nitrogens is 1. The van der Waals surface area contributed by atoms with Gasteiger partial charge >= 0.3 is 0 Å². The van der Waals surface area contributed by atoms with E-state index in [4.69, 9.17) is 16.9 Å².